The Balaban J connectivity index is 2.24. The predicted molar refractivity (Wildman–Crippen MR) is 78.6 cm³/mol. The van der Waals surface area contributed by atoms with Crippen LogP contribution in [0.5, 0.6) is 0 Å². The highest BCUT2D eigenvalue weighted by Gasteiger charge is 2.16. The zero-order valence-corrected chi connectivity index (χ0v) is 12.9. The maximum atomic E-state index is 13.9. The number of nitrogens with one attached hydrogen (secondary N) is 1. The molecule has 112 valence electrons. The molecular formula is C13H13ClFN3O2S. The summed E-state index contributed by atoms with van der Waals surface area (Å²) in [7, 11) is -3.58. The predicted octanol–water partition coefficient (Wildman–Crippen LogP) is 2.85. The van der Waals surface area contributed by atoms with Crippen LogP contribution in [-0.2, 0) is 9.84 Å². The number of hydrogen-bond acceptors (Lipinski definition) is 5. The molecule has 8 heteroatoms. The first-order chi connectivity index (χ1) is 9.77. The van der Waals surface area contributed by atoms with Gasteiger partial charge in [0.05, 0.1) is 18.4 Å². The van der Waals surface area contributed by atoms with Gasteiger partial charge in [-0.25, -0.2) is 17.8 Å². The lowest BCUT2D eigenvalue weighted by Gasteiger charge is -2.15. The molecule has 1 atom stereocenters. The molecule has 0 aliphatic heterocycles. The molecule has 2 aromatic rings. The zero-order chi connectivity index (χ0) is 15.6. The molecule has 1 N–H and O–H groups in total. The molecule has 0 radical (unpaired) electrons. The highest BCUT2D eigenvalue weighted by Crippen LogP contribution is 2.22. The van der Waals surface area contributed by atoms with Crippen molar-refractivity contribution in [1.29, 1.82) is 0 Å². The van der Waals surface area contributed by atoms with Crippen LogP contribution in [0.4, 0.5) is 10.2 Å². The summed E-state index contributed by atoms with van der Waals surface area (Å²) in [6, 6.07) is 3.70. The van der Waals surface area contributed by atoms with Crippen molar-refractivity contribution in [3.05, 3.63) is 47.1 Å². The zero-order valence-electron chi connectivity index (χ0n) is 11.3. The molecule has 0 aliphatic rings. The Hall–Kier alpha value is -1.73. The molecule has 5 nitrogen and oxygen atoms in total. The summed E-state index contributed by atoms with van der Waals surface area (Å²) in [5.74, 6) is -0.330. The number of anilines is 1. The molecule has 0 amide bonds. The van der Waals surface area contributed by atoms with Gasteiger partial charge in [-0.15, -0.1) is 0 Å². The molecule has 0 unspecified atom stereocenters. The first-order valence-electron chi connectivity index (χ1n) is 6.01. The van der Waals surface area contributed by atoms with E-state index in [2.05, 4.69) is 15.3 Å². The van der Waals surface area contributed by atoms with E-state index in [-0.39, 0.29) is 16.1 Å². The number of benzene rings is 1. The molecular weight excluding hydrogens is 317 g/mol. The third-order valence-corrected chi connectivity index (χ3v) is 4.14. The second-order valence-electron chi connectivity index (χ2n) is 4.56. The monoisotopic (exact) mass is 329 g/mol. The molecule has 0 saturated heterocycles. The van der Waals surface area contributed by atoms with E-state index in [0.29, 0.717) is 11.4 Å². The largest absolute Gasteiger partial charge is 0.362 e. The third-order valence-electron chi connectivity index (χ3n) is 2.82. The van der Waals surface area contributed by atoms with E-state index >= 15 is 0 Å². The number of rotatable bonds is 4. The summed E-state index contributed by atoms with van der Waals surface area (Å²) in [6.45, 7) is 1.79. The molecule has 0 fully saturated rings. The van der Waals surface area contributed by atoms with Crippen molar-refractivity contribution >= 4 is 27.3 Å². The maximum Gasteiger partial charge on any atom is 0.178 e. The second kappa shape index (κ2) is 5.95. The first-order valence-corrected chi connectivity index (χ1v) is 8.28. The van der Waals surface area contributed by atoms with Crippen LogP contribution < -0.4 is 5.32 Å². The van der Waals surface area contributed by atoms with Gasteiger partial charge in [0.1, 0.15) is 21.7 Å². The van der Waals surface area contributed by atoms with Crippen LogP contribution in [0, 0.1) is 5.82 Å². The van der Waals surface area contributed by atoms with Gasteiger partial charge in [0.25, 0.3) is 0 Å². The number of sulfone groups is 1. The first kappa shape index (κ1) is 15.7. The SMILES string of the molecule is C[C@@H](Nc1cncc(Cl)n1)c1ccc(S(C)(=O)=O)c(F)c1. The quantitative estimate of drug-likeness (QED) is 0.933. The summed E-state index contributed by atoms with van der Waals surface area (Å²) >= 11 is 5.73. The fourth-order valence-electron chi connectivity index (χ4n) is 1.80. The lowest BCUT2D eigenvalue weighted by atomic mass is 10.1. The minimum absolute atomic E-state index is 0.241. The highest BCUT2D eigenvalue weighted by molar-refractivity contribution is 7.90. The Bertz CT molecular complexity index is 768. The second-order valence-corrected chi connectivity index (χ2v) is 6.93. The minimum Gasteiger partial charge on any atom is -0.362 e. The maximum absolute atomic E-state index is 13.9. The van der Waals surface area contributed by atoms with Gasteiger partial charge in [0.15, 0.2) is 9.84 Å². The number of aromatic nitrogens is 2. The molecule has 1 aromatic carbocycles. The fourth-order valence-corrected chi connectivity index (χ4v) is 2.68. The van der Waals surface area contributed by atoms with E-state index in [1.54, 1.807) is 13.0 Å². The normalized spacial score (nSPS) is 13.0. The van der Waals surface area contributed by atoms with Gasteiger partial charge in [-0.2, -0.15) is 0 Å². The average molecular weight is 330 g/mol. The number of halogens is 2. The molecule has 1 heterocycles. The van der Waals surface area contributed by atoms with E-state index in [4.69, 9.17) is 11.6 Å². The van der Waals surface area contributed by atoms with Crippen LogP contribution >= 0.6 is 11.6 Å². The van der Waals surface area contributed by atoms with Crippen LogP contribution in [0.2, 0.25) is 5.15 Å². The van der Waals surface area contributed by atoms with Crippen molar-refractivity contribution in [2.75, 3.05) is 11.6 Å². The fraction of sp³-hybridized carbons (Fsp3) is 0.231. The third kappa shape index (κ3) is 3.89. The highest BCUT2D eigenvalue weighted by atomic mass is 35.5. The summed E-state index contributed by atoms with van der Waals surface area (Å²) in [4.78, 5) is 7.59. The molecule has 0 spiro atoms. The Labute approximate surface area is 127 Å². The van der Waals surface area contributed by atoms with Gasteiger partial charge in [0.2, 0.25) is 0 Å². The molecule has 0 saturated carbocycles. The van der Waals surface area contributed by atoms with E-state index in [1.165, 1.54) is 24.5 Å². The Morgan fingerprint density at radius 2 is 2.05 bits per heavy atom. The van der Waals surface area contributed by atoms with Crippen molar-refractivity contribution < 1.29 is 12.8 Å². The van der Waals surface area contributed by atoms with Crippen molar-refractivity contribution in [2.45, 2.75) is 17.9 Å². The van der Waals surface area contributed by atoms with Gasteiger partial charge < -0.3 is 5.32 Å². The van der Waals surface area contributed by atoms with Crippen LogP contribution in [0.25, 0.3) is 0 Å². The smallest absolute Gasteiger partial charge is 0.178 e. The topological polar surface area (TPSA) is 72.0 Å². The number of nitrogens with zero attached hydrogens (tertiary/aromatic N) is 2. The molecule has 0 aliphatic carbocycles. The van der Waals surface area contributed by atoms with E-state index in [1.807, 2.05) is 0 Å². The summed E-state index contributed by atoms with van der Waals surface area (Å²) in [6.07, 6.45) is 3.86. The number of hydrogen-bond donors (Lipinski definition) is 1. The van der Waals surface area contributed by atoms with Crippen LogP contribution in [0.3, 0.4) is 0 Å². The molecule has 2 rings (SSSR count). The van der Waals surface area contributed by atoms with Gasteiger partial charge in [0, 0.05) is 6.26 Å². The van der Waals surface area contributed by atoms with E-state index in [0.717, 1.165) is 6.26 Å². The van der Waals surface area contributed by atoms with Crippen molar-refractivity contribution in [3.63, 3.8) is 0 Å². The summed E-state index contributed by atoms with van der Waals surface area (Å²) < 4.78 is 36.6. The minimum atomic E-state index is -3.58. The van der Waals surface area contributed by atoms with Crippen LogP contribution in [-0.4, -0.2) is 24.6 Å². The van der Waals surface area contributed by atoms with Gasteiger partial charge in [-0.3, -0.25) is 4.98 Å². The Morgan fingerprint density at radius 1 is 1.33 bits per heavy atom. The average Bonchev–Trinajstić information content (AvgIpc) is 2.37. The van der Waals surface area contributed by atoms with Gasteiger partial charge in [-0.05, 0) is 24.6 Å². The van der Waals surface area contributed by atoms with Crippen LogP contribution in [0.15, 0.2) is 35.5 Å². The van der Waals surface area contributed by atoms with Crippen molar-refractivity contribution in [1.82, 2.24) is 9.97 Å². The van der Waals surface area contributed by atoms with Crippen molar-refractivity contribution in [2.24, 2.45) is 0 Å². The molecule has 1 aromatic heterocycles. The van der Waals surface area contributed by atoms with Crippen molar-refractivity contribution in [3.8, 4) is 0 Å². The Morgan fingerprint density at radius 3 is 2.62 bits per heavy atom. The lowest BCUT2D eigenvalue weighted by molar-refractivity contribution is 0.568. The van der Waals surface area contributed by atoms with Gasteiger partial charge in [-0.1, -0.05) is 17.7 Å². The van der Waals surface area contributed by atoms with E-state index < -0.39 is 15.7 Å². The lowest BCUT2D eigenvalue weighted by Crippen LogP contribution is -2.10. The summed E-state index contributed by atoms with van der Waals surface area (Å²) in [5.41, 5.74) is 0.585. The Kier molecular flexibility index (Phi) is 4.43. The van der Waals surface area contributed by atoms with Crippen LogP contribution in [0.1, 0.15) is 18.5 Å². The van der Waals surface area contributed by atoms with Gasteiger partial charge >= 0.3 is 0 Å². The standard InChI is InChI=1S/C13H13ClFN3O2S/c1-8(17-13-7-16-6-12(14)18-13)9-3-4-11(10(15)5-9)21(2,19)20/h3-8H,1-2H3,(H,17,18)/t8-/m1/s1. The van der Waals surface area contributed by atoms with E-state index in [9.17, 15) is 12.8 Å². The summed E-state index contributed by atoms with van der Waals surface area (Å²) in [5, 5.41) is 3.25. The molecule has 0 bridgehead atoms. The molecule has 21 heavy (non-hydrogen) atoms.